The van der Waals surface area contributed by atoms with Gasteiger partial charge in [-0.05, 0) is 63.4 Å². The number of carbonyl (C=O) groups is 3. The van der Waals surface area contributed by atoms with Crippen LogP contribution in [0.15, 0.2) is 47.2 Å². The number of hydrogen-bond acceptors (Lipinski definition) is 10. The normalized spacial score (nSPS) is 28.8. The van der Waals surface area contributed by atoms with Gasteiger partial charge in [-0.2, -0.15) is 0 Å². The minimum Gasteiger partial charge on any atom is -0.510 e. The number of aromatic hydroxyl groups is 1. The van der Waals surface area contributed by atoms with Crippen LogP contribution < -0.4 is 11.1 Å². The van der Waals surface area contributed by atoms with Gasteiger partial charge in [0.05, 0.1) is 17.4 Å². The molecule has 0 aromatic heterocycles. The quantitative estimate of drug-likeness (QED) is 0.241. The Kier molecular flexibility index (Phi) is 6.03. The number of phenols is 1. The van der Waals surface area contributed by atoms with Crippen molar-refractivity contribution < 1.29 is 34.8 Å². The van der Waals surface area contributed by atoms with Crippen LogP contribution in [0, 0.1) is 11.8 Å². The van der Waals surface area contributed by atoms with Crippen molar-refractivity contribution >= 4 is 23.2 Å². The van der Waals surface area contributed by atoms with E-state index in [4.69, 9.17) is 5.73 Å². The first-order valence-electron chi connectivity index (χ1n) is 12.6. The van der Waals surface area contributed by atoms with Crippen molar-refractivity contribution in [1.29, 1.82) is 0 Å². The summed E-state index contributed by atoms with van der Waals surface area (Å²) < 4.78 is 0. The van der Waals surface area contributed by atoms with Crippen LogP contribution in [0.25, 0.3) is 0 Å². The lowest BCUT2D eigenvalue weighted by Crippen LogP contribution is -2.63. The second kappa shape index (κ2) is 8.88. The predicted molar refractivity (Wildman–Crippen MR) is 137 cm³/mol. The van der Waals surface area contributed by atoms with E-state index in [-0.39, 0.29) is 29.7 Å². The number of nitrogens with two attached hydrogens (primary N) is 1. The van der Waals surface area contributed by atoms with Gasteiger partial charge < -0.3 is 36.4 Å². The number of carbonyl (C=O) groups excluding carboxylic acids is 3. The van der Waals surface area contributed by atoms with E-state index in [9.17, 15) is 34.8 Å². The molecule has 1 aliphatic heterocycles. The van der Waals surface area contributed by atoms with Crippen molar-refractivity contribution in [3.8, 4) is 5.75 Å². The fourth-order valence-electron chi connectivity index (χ4n) is 6.59. The van der Waals surface area contributed by atoms with E-state index >= 15 is 0 Å². The van der Waals surface area contributed by atoms with Crippen molar-refractivity contribution in [3.05, 3.63) is 58.3 Å². The number of Topliss-reactive ketones (excluding diaryl/α,β-unsaturated/α-hetero) is 2. The number of fused-ring (bicyclic) bond motifs is 3. The Morgan fingerprint density at radius 3 is 2.45 bits per heavy atom. The summed E-state index contributed by atoms with van der Waals surface area (Å²) >= 11 is 0. The molecular weight excluding hydrogens is 492 g/mol. The Labute approximate surface area is 219 Å². The highest BCUT2D eigenvalue weighted by Crippen LogP contribution is 2.52. The fraction of sp³-hybridized carbons (Fsp3) is 0.444. The molecule has 202 valence electrons. The molecular formula is C27H32N4O7. The standard InChI is InChI=1S/C27H32N4O7/c1-12(31-8-4-5-9-31)29-16-6-7-17(32)19-14(16)10-13-11-15-21(30(2)3)23(34)20(26(28)37)25(36)27(15,38)24(35)18(13)22(19)33/h6-7,13,15,21,29,32,34-35,38H,1,4-5,8-11H2,2-3H3,(H2,28,37). The molecule has 1 heterocycles. The molecule has 1 fully saturated rings. The highest BCUT2D eigenvalue weighted by molar-refractivity contribution is 6.24. The van der Waals surface area contributed by atoms with Crippen molar-refractivity contribution in [3.63, 3.8) is 0 Å². The van der Waals surface area contributed by atoms with Crippen LogP contribution in [0.3, 0.4) is 0 Å². The second-order valence-electron chi connectivity index (χ2n) is 10.7. The van der Waals surface area contributed by atoms with Gasteiger partial charge in [-0.15, -0.1) is 0 Å². The molecule has 11 heteroatoms. The summed E-state index contributed by atoms with van der Waals surface area (Å²) in [4.78, 5) is 42.8. The van der Waals surface area contributed by atoms with Crippen LogP contribution in [0.2, 0.25) is 0 Å². The molecule has 0 spiro atoms. The monoisotopic (exact) mass is 524 g/mol. The Morgan fingerprint density at radius 1 is 1.18 bits per heavy atom. The summed E-state index contributed by atoms with van der Waals surface area (Å²) in [7, 11) is 3.19. The third kappa shape index (κ3) is 3.52. The fourth-order valence-corrected chi connectivity index (χ4v) is 6.59. The molecule has 0 saturated carbocycles. The molecule has 0 radical (unpaired) electrons. The summed E-state index contributed by atoms with van der Waals surface area (Å²) in [5, 5.41) is 47.8. The topological polar surface area (TPSA) is 177 Å². The highest BCUT2D eigenvalue weighted by atomic mass is 16.3. The second-order valence-corrected chi connectivity index (χ2v) is 10.7. The number of primary amides is 1. The molecule has 7 N–H and O–H groups in total. The predicted octanol–water partition coefficient (Wildman–Crippen LogP) is 1.10. The molecule has 4 aliphatic rings. The number of benzene rings is 1. The number of allylic oxidation sites excluding steroid dienone is 1. The Bertz CT molecular complexity index is 1340. The van der Waals surface area contributed by atoms with Crippen LogP contribution in [0.4, 0.5) is 5.69 Å². The average molecular weight is 525 g/mol. The van der Waals surface area contributed by atoms with Crippen LogP contribution in [0.5, 0.6) is 5.75 Å². The van der Waals surface area contributed by atoms with Gasteiger partial charge in [0, 0.05) is 30.3 Å². The van der Waals surface area contributed by atoms with Crippen LogP contribution in [-0.4, -0.2) is 86.5 Å². The zero-order chi connectivity index (χ0) is 27.7. The molecule has 5 rings (SSSR count). The number of nitrogens with zero attached hydrogens (tertiary/aromatic N) is 2. The van der Waals surface area contributed by atoms with E-state index in [1.54, 1.807) is 20.2 Å². The van der Waals surface area contributed by atoms with Crippen molar-refractivity contribution in [2.75, 3.05) is 32.5 Å². The van der Waals surface area contributed by atoms with E-state index in [2.05, 4.69) is 16.8 Å². The van der Waals surface area contributed by atoms with Crippen molar-refractivity contribution in [2.45, 2.75) is 37.3 Å². The largest absolute Gasteiger partial charge is 0.510 e. The SMILES string of the molecule is C=C(Nc1ccc(O)c2c1CC1CC3C(N(C)C)C(O)=C(C(N)=O)C(=O)C3(O)C(O)=C1C2=O)N1CCCC1. The number of aliphatic hydroxyl groups is 3. The Balaban J connectivity index is 1.63. The zero-order valence-corrected chi connectivity index (χ0v) is 21.3. The van der Waals surface area contributed by atoms with E-state index in [0.29, 0.717) is 17.1 Å². The van der Waals surface area contributed by atoms with Gasteiger partial charge in [-0.3, -0.25) is 19.3 Å². The van der Waals surface area contributed by atoms with E-state index in [0.717, 1.165) is 25.9 Å². The number of ketones is 2. The lowest BCUT2D eigenvalue weighted by atomic mass is 9.58. The first-order valence-corrected chi connectivity index (χ1v) is 12.6. The lowest BCUT2D eigenvalue weighted by Gasteiger charge is -2.50. The summed E-state index contributed by atoms with van der Waals surface area (Å²) in [5.41, 5.74) is 2.78. The van der Waals surface area contributed by atoms with Crippen LogP contribution in [-0.2, 0) is 16.0 Å². The average Bonchev–Trinajstić information content (AvgIpc) is 3.38. The first-order chi connectivity index (χ1) is 17.9. The number of likely N-dealkylation sites (N-methyl/N-ethyl adjacent to an activating group) is 1. The maximum atomic E-state index is 13.8. The number of phenolic OH excluding ortho intramolecular Hbond substituents is 1. The van der Waals surface area contributed by atoms with Crippen molar-refractivity contribution in [2.24, 2.45) is 17.6 Å². The van der Waals surface area contributed by atoms with E-state index < -0.39 is 58.0 Å². The summed E-state index contributed by atoms with van der Waals surface area (Å²) in [5.74, 6) is -6.03. The minimum atomic E-state index is -2.65. The molecule has 1 saturated heterocycles. The number of hydrogen-bond donors (Lipinski definition) is 6. The molecule has 0 bridgehead atoms. The molecule has 11 nitrogen and oxygen atoms in total. The molecule has 1 aromatic carbocycles. The molecule has 38 heavy (non-hydrogen) atoms. The molecule has 3 aliphatic carbocycles. The summed E-state index contributed by atoms with van der Waals surface area (Å²) in [6.45, 7) is 5.84. The number of aliphatic hydroxyl groups excluding tert-OH is 2. The summed E-state index contributed by atoms with van der Waals surface area (Å²) in [6.07, 6.45) is 2.35. The molecule has 1 aromatic rings. The number of amides is 1. The van der Waals surface area contributed by atoms with Gasteiger partial charge in [0.1, 0.15) is 22.8 Å². The van der Waals surface area contributed by atoms with E-state index in [1.807, 2.05) is 0 Å². The number of likely N-dealkylation sites (tertiary alicyclic amines) is 1. The van der Waals surface area contributed by atoms with E-state index in [1.165, 1.54) is 11.0 Å². The third-order valence-corrected chi connectivity index (χ3v) is 8.37. The molecule has 4 unspecified atom stereocenters. The Hall–Kier alpha value is -3.83. The number of nitrogens with one attached hydrogen (secondary N) is 1. The van der Waals surface area contributed by atoms with Crippen molar-refractivity contribution in [1.82, 2.24) is 9.80 Å². The Morgan fingerprint density at radius 2 is 1.84 bits per heavy atom. The van der Waals surface area contributed by atoms with Gasteiger partial charge in [-0.1, -0.05) is 6.58 Å². The maximum absolute atomic E-state index is 13.8. The first kappa shape index (κ1) is 25.8. The van der Waals surface area contributed by atoms with Gasteiger partial charge in [0.15, 0.2) is 11.4 Å². The van der Waals surface area contributed by atoms with Gasteiger partial charge in [0.25, 0.3) is 5.91 Å². The molecule has 1 amide bonds. The van der Waals surface area contributed by atoms with Crippen LogP contribution in [0.1, 0.15) is 35.2 Å². The van der Waals surface area contributed by atoms with Gasteiger partial charge in [0.2, 0.25) is 5.78 Å². The van der Waals surface area contributed by atoms with Crippen LogP contribution >= 0.6 is 0 Å². The zero-order valence-electron chi connectivity index (χ0n) is 21.3. The van der Waals surface area contributed by atoms with Gasteiger partial charge in [-0.25, -0.2) is 0 Å². The lowest BCUT2D eigenvalue weighted by molar-refractivity contribution is -0.148. The smallest absolute Gasteiger partial charge is 0.255 e. The molecule has 4 atom stereocenters. The number of rotatable bonds is 5. The minimum absolute atomic E-state index is 0.0356. The highest BCUT2D eigenvalue weighted by Gasteiger charge is 2.63. The number of anilines is 1. The third-order valence-electron chi connectivity index (χ3n) is 8.37. The summed E-state index contributed by atoms with van der Waals surface area (Å²) in [6, 6.07) is 2.00. The van der Waals surface area contributed by atoms with Gasteiger partial charge >= 0.3 is 0 Å². The maximum Gasteiger partial charge on any atom is 0.255 e.